The Morgan fingerprint density at radius 2 is 1.90 bits per heavy atom. The number of nitrogens with zero attached hydrogens (tertiary/aromatic N) is 2. The van der Waals surface area contributed by atoms with Crippen molar-refractivity contribution in [3.8, 4) is 0 Å². The zero-order chi connectivity index (χ0) is 21.3. The first-order valence-electron chi connectivity index (χ1n) is 8.91. The van der Waals surface area contributed by atoms with Crippen molar-refractivity contribution >= 4 is 55.9 Å². The van der Waals surface area contributed by atoms with E-state index in [-0.39, 0.29) is 16.5 Å². The van der Waals surface area contributed by atoms with Crippen LogP contribution in [0.2, 0.25) is 5.02 Å². The van der Waals surface area contributed by atoms with Gasteiger partial charge in [0.05, 0.1) is 22.1 Å². The van der Waals surface area contributed by atoms with Gasteiger partial charge in [-0.05, 0) is 49.1 Å². The molecule has 29 heavy (non-hydrogen) atoms. The van der Waals surface area contributed by atoms with Crippen LogP contribution in [0.15, 0.2) is 44.0 Å². The van der Waals surface area contributed by atoms with E-state index in [0.717, 1.165) is 22.5 Å². The van der Waals surface area contributed by atoms with Crippen LogP contribution in [0.25, 0.3) is 0 Å². The smallest absolute Gasteiger partial charge is 0.243 e. The van der Waals surface area contributed by atoms with Crippen molar-refractivity contribution in [1.82, 2.24) is 4.72 Å². The lowest BCUT2D eigenvalue weighted by molar-refractivity contribution is -0.118. The van der Waals surface area contributed by atoms with Crippen molar-refractivity contribution in [3.05, 3.63) is 46.5 Å². The molecule has 0 unspecified atom stereocenters. The summed E-state index contributed by atoms with van der Waals surface area (Å²) in [6.45, 7) is 7.27. The van der Waals surface area contributed by atoms with Crippen molar-refractivity contribution in [2.75, 3.05) is 5.32 Å². The first kappa shape index (κ1) is 21.6. The third-order valence-electron chi connectivity index (χ3n) is 4.45. The molecule has 10 heteroatoms. The Bertz CT molecular complexity index is 1130. The number of fused-ring (bicyclic) bond motifs is 1. The van der Waals surface area contributed by atoms with Crippen molar-refractivity contribution in [2.24, 2.45) is 14.6 Å². The average Bonchev–Trinajstić information content (AvgIpc) is 3.10. The molecule has 2 aromatic carbocycles. The Kier molecular flexibility index (Phi) is 6.23. The van der Waals surface area contributed by atoms with Crippen LogP contribution in [0.3, 0.4) is 0 Å². The van der Waals surface area contributed by atoms with E-state index in [4.69, 9.17) is 11.6 Å². The summed E-state index contributed by atoms with van der Waals surface area (Å²) in [6, 6.07) is 7.37. The largest absolute Gasteiger partial charge is 0.323 e. The van der Waals surface area contributed by atoms with E-state index in [1.54, 1.807) is 32.0 Å². The molecule has 2 aromatic rings. The van der Waals surface area contributed by atoms with Gasteiger partial charge in [0, 0.05) is 0 Å². The van der Waals surface area contributed by atoms with Crippen molar-refractivity contribution in [3.63, 3.8) is 0 Å². The highest BCUT2D eigenvalue weighted by molar-refractivity contribution is 7.89. The summed E-state index contributed by atoms with van der Waals surface area (Å²) in [6.07, 6.45) is 0. The Labute approximate surface area is 178 Å². The van der Waals surface area contributed by atoms with Gasteiger partial charge >= 0.3 is 0 Å². The zero-order valence-electron chi connectivity index (χ0n) is 16.4. The van der Waals surface area contributed by atoms with Crippen LogP contribution in [0, 0.1) is 19.8 Å². The van der Waals surface area contributed by atoms with Gasteiger partial charge in [0.15, 0.2) is 0 Å². The first-order chi connectivity index (χ1) is 13.6. The predicted octanol–water partition coefficient (Wildman–Crippen LogP) is 4.62. The molecule has 0 bridgehead atoms. The summed E-state index contributed by atoms with van der Waals surface area (Å²) in [5.74, 6) is -0.789. The topological polar surface area (TPSA) is 100.0 Å². The number of nitrogens with one attached hydrogen (secondary N) is 2. The van der Waals surface area contributed by atoms with Gasteiger partial charge in [-0.1, -0.05) is 37.6 Å². The van der Waals surface area contributed by atoms with Gasteiger partial charge in [0.1, 0.15) is 22.3 Å². The molecule has 0 fully saturated rings. The van der Waals surface area contributed by atoms with Crippen LogP contribution < -0.4 is 10.0 Å². The monoisotopic (exact) mass is 452 g/mol. The quantitative estimate of drug-likeness (QED) is 0.570. The van der Waals surface area contributed by atoms with E-state index in [1.807, 2.05) is 19.9 Å². The number of carbonyl (C=O) groups excluding carboxylic acids is 1. The number of sulfonamides is 1. The van der Waals surface area contributed by atoms with Crippen LogP contribution >= 0.6 is 11.6 Å². The molecule has 1 heterocycles. The molecule has 0 aliphatic carbocycles. The molecule has 0 saturated heterocycles. The fourth-order valence-corrected chi connectivity index (χ4v) is 5.47. The van der Waals surface area contributed by atoms with Gasteiger partial charge in [-0.3, -0.25) is 4.79 Å². The normalized spacial score (nSPS) is 13.9. The van der Waals surface area contributed by atoms with Gasteiger partial charge < -0.3 is 5.32 Å². The van der Waals surface area contributed by atoms with Gasteiger partial charge in [-0.2, -0.15) is 13.4 Å². The van der Waals surface area contributed by atoms with E-state index < -0.39 is 22.0 Å². The maximum Gasteiger partial charge on any atom is 0.243 e. The summed E-state index contributed by atoms with van der Waals surface area (Å²) in [7, 11) is -4.00. The molecule has 7 nitrogen and oxygen atoms in total. The third-order valence-corrected chi connectivity index (χ3v) is 6.76. The maximum absolute atomic E-state index is 13.0. The molecule has 0 saturated carbocycles. The first-order valence-corrected chi connectivity index (χ1v) is 11.5. The predicted molar refractivity (Wildman–Crippen MR) is 116 cm³/mol. The number of halogens is 1. The number of rotatable bonds is 6. The van der Waals surface area contributed by atoms with Gasteiger partial charge in [-0.25, -0.2) is 8.42 Å². The summed E-state index contributed by atoms with van der Waals surface area (Å²) in [4.78, 5) is 12.9. The van der Waals surface area contributed by atoms with Gasteiger partial charge in [-0.15, -0.1) is 0 Å². The number of hydrogen-bond donors (Lipinski definition) is 2. The molecule has 154 valence electrons. The molecule has 1 amide bonds. The lowest BCUT2D eigenvalue weighted by Crippen LogP contribution is -2.47. The Balaban J connectivity index is 1.88. The minimum Gasteiger partial charge on any atom is -0.323 e. The Hall–Kier alpha value is -2.07. The maximum atomic E-state index is 13.0. The van der Waals surface area contributed by atoms with Crippen LogP contribution in [-0.4, -0.2) is 20.4 Å². The SMILES string of the molecule is Cc1cc(C)c(NC(=O)[C@@H](NS(=O)(=O)c2cccc3c2N=S=N3)C(C)C)c(Cl)c1. The number of benzene rings is 2. The fourth-order valence-electron chi connectivity index (χ4n) is 3.00. The lowest BCUT2D eigenvalue weighted by Gasteiger charge is -2.23. The van der Waals surface area contributed by atoms with Crippen molar-refractivity contribution in [2.45, 2.75) is 38.6 Å². The second-order valence-electron chi connectivity index (χ2n) is 7.16. The van der Waals surface area contributed by atoms with Crippen molar-refractivity contribution in [1.29, 1.82) is 0 Å². The number of amides is 1. The molecule has 3 rings (SSSR count). The number of carbonyl (C=O) groups is 1. The van der Waals surface area contributed by atoms with E-state index in [0.29, 0.717) is 16.4 Å². The standard InChI is InChI=1S/C19H21ClN4O3S2/c1-10(2)16(19(25)21-17-12(4)8-11(3)9-13(17)20)24-29(26,27)15-7-5-6-14-18(15)23-28-22-14/h5-10,16,24H,1-4H3,(H,21,25)/t16-/m0/s1. The minimum atomic E-state index is -4.00. The minimum absolute atomic E-state index is 0.00764. The molecule has 1 aliphatic heterocycles. The van der Waals surface area contributed by atoms with Crippen LogP contribution in [-0.2, 0) is 26.2 Å². The molecular formula is C19H21ClN4O3S2. The van der Waals surface area contributed by atoms with E-state index in [9.17, 15) is 13.2 Å². The highest BCUT2D eigenvalue weighted by atomic mass is 35.5. The van der Waals surface area contributed by atoms with Crippen molar-refractivity contribution < 1.29 is 13.2 Å². The van der Waals surface area contributed by atoms with Gasteiger partial charge in [0.2, 0.25) is 15.9 Å². The van der Waals surface area contributed by atoms with Crippen LogP contribution in [0.4, 0.5) is 17.1 Å². The summed E-state index contributed by atoms with van der Waals surface area (Å²) in [5.41, 5.74) is 3.01. The molecule has 0 radical (unpaired) electrons. The van der Waals surface area contributed by atoms with E-state index in [2.05, 4.69) is 18.8 Å². The molecule has 2 N–H and O–H groups in total. The Morgan fingerprint density at radius 3 is 2.55 bits per heavy atom. The second kappa shape index (κ2) is 8.35. The number of hydrogen-bond acceptors (Lipinski definition) is 5. The van der Waals surface area contributed by atoms with Crippen LogP contribution in [0.1, 0.15) is 25.0 Å². The molecular weight excluding hydrogens is 432 g/mol. The molecule has 0 spiro atoms. The number of anilines is 1. The van der Waals surface area contributed by atoms with Crippen LogP contribution in [0.5, 0.6) is 0 Å². The highest BCUT2D eigenvalue weighted by Gasteiger charge is 2.31. The average molecular weight is 453 g/mol. The molecule has 0 aromatic heterocycles. The van der Waals surface area contributed by atoms with E-state index in [1.165, 1.54) is 6.07 Å². The summed E-state index contributed by atoms with van der Waals surface area (Å²) < 4.78 is 36.7. The van der Waals surface area contributed by atoms with E-state index >= 15 is 0 Å². The lowest BCUT2D eigenvalue weighted by atomic mass is 10.0. The summed E-state index contributed by atoms with van der Waals surface area (Å²) in [5, 5.41) is 3.17. The molecule has 1 aliphatic rings. The third kappa shape index (κ3) is 4.58. The fraction of sp³-hybridized carbons (Fsp3) is 0.316. The molecule has 1 atom stereocenters. The zero-order valence-corrected chi connectivity index (χ0v) is 18.7. The Morgan fingerprint density at radius 1 is 1.17 bits per heavy atom. The second-order valence-corrected chi connectivity index (χ2v) is 9.78. The highest BCUT2D eigenvalue weighted by Crippen LogP contribution is 2.37. The summed E-state index contributed by atoms with van der Waals surface area (Å²) >= 11 is 7.21. The number of aryl methyl sites for hydroxylation is 2. The van der Waals surface area contributed by atoms with Gasteiger partial charge in [0.25, 0.3) is 0 Å².